The first-order valence-corrected chi connectivity index (χ1v) is 5.85. The lowest BCUT2D eigenvalue weighted by molar-refractivity contribution is -0.402. The third-order valence-electron chi connectivity index (χ3n) is 2.48. The van der Waals surface area contributed by atoms with Gasteiger partial charge >= 0.3 is 11.9 Å². The zero-order chi connectivity index (χ0) is 15.6. The normalized spacial score (nSPS) is 10.1. The molecule has 0 unspecified atom stereocenters. The summed E-state index contributed by atoms with van der Waals surface area (Å²) >= 11 is 5.84. The Labute approximate surface area is 122 Å². The topological polar surface area (TPSA) is 123 Å². The number of furan rings is 1. The van der Waals surface area contributed by atoms with Crippen molar-refractivity contribution in [3.63, 3.8) is 0 Å². The van der Waals surface area contributed by atoms with Gasteiger partial charge in [0, 0.05) is 0 Å². The predicted octanol–water partition coefficient (Wildman–Crippen LogP) is 2.79. The summed E-state index contributed by atoms with van der Waals surface area (Å²) in [7, 11) is 0. The van der Waals surface area contributed by atoms with Crippen LogP contribution in [0.5, 0.6) is 0 Å². The van der Waals surface area contributed by atoms with Gasteiger partial charge in [-0.05, 0) is 18.2 Å². The Bertz CT molecular complexity index is 739. The monoisotopic (exact) mass is 310 g/mol. The molecule has 2 rings (SSSR count). The molecule has 1 amide bonds. The number of halogens is 1. The van der Waals surface area contributed by atoms with E-state index in [-0.39, 0.29) is 22.0 Å². The van der Waals surface area contributed by atoms with Crippen LogP contribution in [0, 0.1) is 10.1 Å². The van der Waals surface area contributed by atoms with Crippen LogP contribution in [0.2, 0.25) is 5.02 Å². The maximum Gasteiger partial charge on any atom is 0.433 e. The number of amides is 1. The predicted molar refractivity (Wildman–Crippen MR) is 71.7 cm³/mol. The molecule has 21 heavy (non-hydrogen) atoms. The van der Waals surface area contributed by atoms with Gasteiger partial charge < -0.3 is 14.8 Å². The molecule has 0 aliphatic carbocycles. The molecule has 0 fully saturated rings. The van der Waals surface area contributed by atoms with E-state index < -0.39 is 22.7 Å². The van der Waals surface area contributed by atoms with Gasteiger partial charge in [0.1, 0.15) is 4.92 Å². The average Bonchev–Trinajstić information content (AvgIpc) is 2.90. The molecule has 1 heterocycles. The quantitative estimate of drug-likeness (QED) is 0.661. The Morgan fingerprint density at radius 1 is 1.29 bits per heavy atom. The van der Waals surface area contributed by atoms with Gasteiger partial charge in [-0.1, -0.05) is 17.7 Å². The molecule has 2 aromatic rings. The lowest BCUT2D eigenvalue weighted by Crippen LogP contribution is -2.14. The number of anilines is 1. The highest BCUT2D eigenvalue weighted by atomic mass is 35.5. The molecule has 0 saturated heterocycles. The molecule has 8 nitrogen and oxygen atoms in total. The summed E-state index contributed by atoms with van der Waals surface area (Å²) in [5, 5.41) is 21.8. The van der Waals surface area contributed by atoms with E-state index in [0.717, 1.165) is 12.1 Å². The summed E-state index contributed by atoms with van der Waals surface area (Å²) in [6.07, 6.45) is 0. The summed E-state index contributed by atoms with van der Waals surface area (Å²) in [5.74, 6) is -3.06. The van der Waals surface area contributed by atoms with Crippen LogP contribution in [0.1, 0.15) is 20.9 Å². The van der Waals surface area contributed by atoms with Gasteiger partial charge in [-0.25, -0.2) is 4.79 Å². The second-order valence-electron chi connectivity index (χ2n) is 3.82. The molecule has 9 heteroatoms. The van der Waals surface area contributed by atoms with Gasteiger partial charge in [0.2, 0.25) is 0 Å². The number of hydrogen-bond acceptors (Lipinski definition) is 5. The molecule has 0 aliphatic rings. The Hall–Kier alpha value is -2.87. The van der Waals surface area contributed by atoms with Gasteiger partial charge in [0.25, 0.3) is 5.91 Å². The second kappa shape index (κ2) is 5.63. The largest absolute Gasteiger partial charge is 0.478 e. The van der Waals surface area contributed by atoms with Crippen LogP contribution >= 0.6 is 11.6 Å². The van der Waals surface area contributed by atoms with Crippen LogP contribution < -0.4 is 5.32 Å². The van der Waals surface area contributed by atoms with E-state index in [4.69, 9.17) is 21.1 Å². The number of aromatic carboxylic acids is 1. The minimum atomic E-state index is -1.28. The minimum Gasteiger partial charge on any atom is -0.478 e. The standard InChI is InChI=1S/C12H7ClN2O6/c13-7-3-1-2-6(12(17)18)10(7)14-11(16)8-4-5-9(21-8)15(19)20/h1-5H,(H,14,16)(H,17,18). The Balaban J connectivity index is 2.31. The van der Waals surface area contributed by atoms with Gasteiger partial charge in [-0.3, -0.25) is 14.9 Å². The number of nitro groups is 1. The SMILES string of the molecule is O=C(Nc1c(Cl)cccc1C(=O)O)c1ccc([N+](=O)[O-])o1. The van der Waals surface area contributed by atoms with Gasteiger partial charge in [-0.15, -0.1) is 0 Å². The zero-order valence-corrected chi connectivity index (χ0v) is 11.0. The number of carbonyl (C=O) groups is 2. The fourth-order valence-electron chi connectivity index (χ4n) is 1.55. The number of nitrogens with zero attached hydrogens (tertiary/aromatic N) is 1. The van der Waals surface area contributed by atoms with Crippen molar-refractivity contribution in [2.45, 2.75) is 0 Å². The van der Waals surface area contributed by atoms with Gasteiger partial charge in [0.15, 0.2) is 5.76 Å². The Kier molecular flexibility index (Phi) is 3.90. The van der Waals surface area contributed by atoms with Gasteiger partial charge in [-0.2, -0.15) is 0 Å². The Morgan fingerprint density at radius 2 is 2.00 bits per heavy atom. The van der Waals surface area contributed by atoms with E-state index in [0.29, 0.717) is 0 Å². The van der Waals surface area contributed by atoms with Crippen molar-refractivity contribution in [1.82, 2.24) is 0 Å². The van der Waals surface area contributed by atoms with Crippen LogP contribution in [-0.2, 0) is 0 Å². The average molecular weight is 311 g/mol. The van der Waals surface area contributed by atoms with E-state index in [1.165, 1.54) is 18.2 Å². The molecular formula is C12H7ClN2O6. The van der Waals surface area contributed by atoms with Crippen molar-refractivity contribution in [3.8, 4) is 0 Å². The number of rotatable bonds is 4. The van der Waals surface area contributed by atoms with Crippen molar-refractivity contribution in [2.24, 2.45) is 0 Å². The molecule has 0 aliphatic heterocycles. The number of hydrogen-bond donors (Lipinski definition) is 2. The number of carbonyl (C=O) groups excluding carboxylic acids is 1. The first-order chi connectivity index (χ1) is 9.90. The highest BCUT2D eigenvalue weighted by Crippen LogP contribution is 2.27. The van der Waals surface area contributed by atoms with E-state index in [1.54, 1.807) is 0 Å². The number of nitrogens with one attached hydrogen (secondary N) is 1. The van der Waals surface area contributed by atoms with Crippen molar-refractivity contribution in [2.75, 3.05) is 5.32 Å². The van der Waals surface area contributed by atoms with E-state index >= 15 is 0 Å². The Morgan fingerprint density at radius 3 is 2.57 bits per heavy atom. The van der Waals surface area contributed by atoms with Gasteiger partial charge in [0.05, 0.1) is 22.3 Å². The summed E-state index contributed by atoms with van der Waals surface area (Å²) in [4.78, 5) is 32.6. The summed E-state index contributed by atoms with van der Waals surface area (Å²) in [6, 6.07) is 6.19. The minimum absolute atomic E-state index is 0.0179. The van der Waals surface area contributed by atoms with Crippen molar-refractivity contribution in [3.05, 3.63) is 56.8 Å². The second-order valence-corrected chi connectivity index (χ2v) is 4.22. The van der Waals surface area contributed by atoms with Crippen LogP contribution in [0.15, 0.2) is 34.7 Å². The summed E-state index contributed by atoms with van der Waals surface area (Å²) in [6.45, 7) is 0. The number of carboxylic acids is 1. The van der Waals surface area contributed by atoms with Crippen molar-refractivity contribution >= 4 is 35.0 Å². The summed E-state index contributed by atoms with van der Waals surface area (Å²) in [5.41, 5.74) is -0.326. The highest BCUT2D eigenvalue weighted by molar-refractivity contribution is 6.34. The molecule has 0 atom stereocenters. The van der Waals surface area contributed by atoms with Crippen LogP contribution in [-0.4, -0.2) is 21.9 Å². The van der Waals surface area contributed by atoms with Crippen LogP contribution in [0.3, 0.4) is 0 Å². The molecule has 0 bridgehead atoms. The van der Waals surface area contributed by atoms with E-state index in [2.05, 4.69) is 5.32 Å². The maximum absolute atomic E-state index is 11.9. The molecule has 1 aromatic heterocycles. The molecule has 0 radical (unpaired) electrons. The van der Waals surface area contributed by atoms with Crippen LogP contribution in [0.4, 0.5) is 11.6 Å². The fourth-order valence-corrected chi connectivity index (χ4v) is 1.77. The fraction of sp³-hybridized carbons (Fsp3) is 0. The number of benzene rings is 1. The lowest BCUT2D eigenvalue weighted by atomic mass is 10.1. The first-order valence-electron chi connectivity index (χ1n) is 5.47. The van der Waals surface area contributed by atoms with E-state index in [9.17, 15) is 19.7 Å². The van der Waals surface area contributed by atoms with Crippen molar-refractivity contribution in [1.29, 1.82) is 0 Å². The zero-order valence-electron chi connectivity index (χ0n) is 10.2. The highest BCUT2D eigenvalue weighted by Gasteiger charge is 2.20. The third-order valence-corrected chi connectivity index (χ3v) is 2.79. The molecule has 2 N–H and O–H groups in total. The lowest BCUT2D eigenvalue weighted by Gasteiger charge is -2.08. The third kappa shape index (κ3) is 3.00. The van der Waals surface area contributed by atoms with Crippen LogP contribution in [0.25, 0.3) is 0 Å². The maximum atomic E-state index is 11.9. The number of para-hydroxylation sites is 1. The molecule has 0 spiro atoms. The smallest absolute Gasteiger partial charge is 0.433 e. The molecule has 1 aromatic carbocycles. The summed E-state index contributed by atoms with van der Waals surface area (Å²) < 4.78 is 4.72. The molecule has 108 valence electrons. The first kappa shape index (κ1) is 14.5. The number of carboxylic acid groups (broad SMARTS) is 1. The molecular weight excluding hydrogens is 304 g/mol. The molecule has 0 saturated carbocycles. The van der Waals surface area contributed by atoms with E-state index in [1.807, 2.05) is 0 Å². The van der Waals surface area contributed by atoms with Crippen molar-refractivity contribution < 1.29 is 24.0 Å².